The zero-order valence-electron chi connectivity index (χ0n) is 11.0. The maximum Gasteiger partial charge on any atom is 0.245 e. The first-order valence-corrected chi connectivity index (χ1v) is 8.68. The smallest absolute Gasteiger partial charge is 0.245 e. The van der Waals surface area contributed by atoms with E-state index in [0.717, 1.165) is 25.9 Å². The van der Waals surface area contributed by atoms with Crippen molar-refractivity contribution in [2.45, 2.75) is 23.8 Å². The number of hydrogen-bond donors (Lipinski definition) is 1. The van der Waals surface area contributed by atoms with E-state index in [4.69, 9.17) is 11.6 Å². The molecule has 0 amide bonds. The van der Waals surface area contributed by atoms with E-state index in [0.29, 0.717) is 4.47 Å². The van der Waals surface area contributed by atoms with Gasteiger partial charge in [-0.2, -0.15) is 4.31 Å². The van der Waals surface area contributed by atoms with Crippen LogP contribution in [0.25, 0.3) is 0 Å². The SMILES string of the molecule is CN(C1CCNCC1)S(=O)(=O)c1c(Cl)cccc1Br.Cl. The monoisotopic (exact) mass is 402 g/mol. The molecule has 0 radical (unpaired) electrons. The maximum absolute atomic E-state index is 12.7. The van der Waals surface area contributed by atoms with Gasteiger partial charge in [-0.1, -0.05) is 17.7 Å². The summed E-state index contributed by atoms with van der Waals surface area (Å²) >= 11 is 9.32. The second kappa shape index (κ2) is 7.42. The van der Waals surface area contributed by atoms with Crippen molar-refractivity contribution in [3.05, 3.63) is 27.7 Å². The van der Waals surface area contributed by atoms with Crippen molar-refractivity contribution in [2.24, 2.45) is 0 Å². The Labute approximate surface area is 139 Å². The molecule has 0 spiro atoms. The molecule has 1 saturated heterocycles. The molecule has 4 nitrogen and oxygen atoms in total. The van der Waals surface area contributed by atoms with Gasteiger partial charge in [0, 0.05) is 17.6 Å². The highest BCUT2D eigenvalue weighted by molar-refractivity contribution is 9.10. The van der Waals surface area contributed by atoms with Crippen molar-refractivity contribution in [1.82, 2.24) is 9.62 Å². The third kappa shape index (κ3) is 3.67. The summed E-state index contributed by atoms with van der Waals surface area (Å²) in [6.45, 7) is 1.68. The lowest BCUT2D eigenvalue weighted by Gasteiger charge is -2.31. The second-order valence-electron chi connectivity index (χ2n) is 4.55. The van der Waals surface area contributed by atoms with Crippen molar-refractivity contribution in [3.8, 4) is 0 Å². The van der Waals surface area contributed by atoms with Gasteiger partial charge in [-0.25, -0.2) is 8.42 Å². The summed E-state index contributed by atoms with van der Waals surface area (Å²) in [5.74, 6) is 0. The van der Waals surface area contributed by atoms with Crippen LogP contribution in [-0.4, -0.2) is 38.9 Å². The fraction of sp³-hybridized carbons (Fsp3) is 0.500. The number of nitrogens with zero attached hydrogens (tertiary/aromatic N) is 1. The van der Waals surface area contributed by atoms with Gasteiger partial charge in [0.25, 0.3) is 0 Å². The number of rotatable bonds is 3. The maximum atomic E-state index is 12.7. The highest BCUT2D eigenvalue weighted by Crippen LogP contribution is 2.32. The molecular formula is C12H17BrCl2N2O2S. The van der Waals surface area contributed by atoms with Crippen LogP contribution < -0.4 is 5.32 Å². The van der Waals surface area contributed by atoms with Crippen LogP contribution in [0.1, 0.15) is 12.8 Å². The molecule has 0 aromatic heterocycles. The van der Waals surface area contributed by atoms with Crippen molar-refractivity contribution < 1.29 is 8.42 Å². The molecule has 1 aromatic rings. The minimum Gasteiger partial charge on any atom is -0.317 e. The van der Waals surface area contributed by atoms with Gasteiger partial charge in [0.05, 0.1) is 5.02 Å². The van der Waals surface area contributed by atoms with E-state index < -0.39 is 10.0 Å². The zero-order chi connectivity index (χ0) is 14.0. The van der Waals surface area contributed by atoms with Crippen molar-refractivity contribution >= 4 is 50.0 Å². The number of piperidine rings is 1. The Balaban J connectivity index is 0.00000200. The number of nitrogens with one attached hydrogen (secondary N) is 1. The van der Waals surface area contributed by atoms with Crippen molar-refractivity contribution in [2.75, 3.05) is 20.1 Å². The van der Waals surface area contributed by atoms with Crippen LogP contribution in [0.2, 0.25) is 5.02 Å². The summed E-state index contributed by atoms with van der Waals surface area (Å²) in [6.07, 6.45) is 1.63. The molecule has 0 aliphatic carbocycles. The summed E-state index contributed by atoms with van der Waals surface area (Å²) in [7, 11) is -1.95. The molecule has 0 unspecified atom stereocenters. The van der Waals surface area contributed by atoms with E-state index in [1.165, 1.54) is 4.31 Å². The predicted molar refractivity (Wildman–Crippen MR) is 87.2 cm³/mol. The molecule has 0 saturated carbocycles. The van der Waals surface area contributed by atoms with E-state index in [1.54, 1.807) is 25.2 Å². The highest BCUT2D eigenvalue weighted by Gasteiger charge is 2.31. The lowest BCUT2D eigenvalue weighted by molar-refractivity contribution is 0.296. The summed E-state index contributed by atoms with van der Waals surface area (Å²) in [6, 6.07) is 5.02. The average Bonchev–Trinajstić information content (AvgIpc) is 2.38. The summed E-state index contributed by atoms with van der Waals surface area (Å²) < 4.78 is 27.3. The fourth-order valence-corrected chi connectivity index (χ4v) is 5.32. The third-order valence-corrected chi connectivity index (χ3v) is 6.74. The van der Waals surface area contributed by atoms with Gasteiger partial charge in [-0.05, 0) is 54.0 Å². The van der Waals surface area contributed by atoms with Crippen LogP contribution in [0.5, 0.6) is 0 Å². The topological polar surface area (TPSA) is 49.4 Å². The lowest BCUT2D eigenvalue weighted by atomic mass is 10.1. The minimum atomic E-state index is -3.57. The molecule has 1 aliphatic heterocycles. The summed E-state index contributed by atoms with van der Waals surface area (Å²) in [4.78, 5) is 0.151. The van der Waals surface area contributed by atoms with Crippen LogP contribution in [0.3, 0.4) is 0 Å². The van der Waals surface area contributed by atoms with Crippen molar-refractivity contribution in [1.29, 1.82) is 0 Å². The van der Waals surface area contributed by atoms with Crippen LogP contribution >= 0.6 is 39.9 Å². The quantitative estimate of drug-likeness (QED) is 0.843. The highest BCUT2D eigenvalue weighted by atomic mass is 79.9. The second-order valence-corrected chi connectivity index (χ2v) is 7.75. The van der Waals surface area contributed by atoms with E-state index in [-0.39, 0.29) is 28.4 Å². The molecule has 2 rings (SSSR count). The molecule has 1 fully saturated rings. The first kappa shape index (κ1) is 18.2. The van der Waals surface area contributed by atoms with Gasteiger partial charge in [0.2, 0.25) is 10.0 Å². The molecule has 1 N–H and O–H groups in total. The van der Waals surface area contributed by atoms with Gasteiger partial charge in [-0.3, -0.25) is 0 Å². The fourth-order valence-electron chi connectivity index (χ4n) is 2.24. The number of sulfonamides is 1. The Bertz CT molecular complexity index is 542. The predicted octanol–water partition coefficient (Wildman–Crippen LogP) is 2.90. The van der Waals surface area contributed by atoms with Crippen LogP contribution in [-0.2, 0) is 10.0 Å². The lowest BCUT2D eigenvalue weighted by Crippen LogP contribution is -2.44. The van der Waals surface area contributed by atoms with Crippen LogP contribution in [0, 0.1) is 0 Å². The van der Waals surface area contributed by atoms with E-state index in [1.807, 2.05) is 0 Å². The molecule has 0 atom stereocenters. The largest absolute Gasteiger partial charge is 0.317 e. The molecule has 8 heteroatoms. The molecule has 1 aliphatic rings. The first-order chi connectivity index (χ1) is 8.94. The van der Waals surface area contributed by atoms with Gasteiger partial charge in [0.15, 0.2) is 0 Å². The Morgan fingerprint density at radius 1 is 1.35 bits per heavy atom. The molecule has 20 heavy (non-hydrogen) atoms. The van der Waals surface area contributed by atoms with E-state index in [9.17, 15) is 8.42 Å². The normalized spacial score (nSPS) is 17.0. The molecule has 1 heterocycles. The minimum absolute atomic E-state index is 0. The first-order valence-electron chi connectivity index (χ1n) is 6.07. The number of hydrogen-bond acceptors (Lipinski definition) is 3. The Hall–Kier alpha value is 0.150. The van der Waals surface area contributed by atoms with Gasteiger partial charge in [0.1, 0.15) is 4.90 Å². The van der Waals surface area contributed by atoms with Crippen LogP contribution in [0.15, 0.2) is 27.6 Å². The Kier molecular flexibility index (Phi) is 6.76. The zero-order valence-corrected chi connectivity index (χ0v) is 14.9. The summed E-state index contributed by atoms with van der Waals surface area (Å²) in [5, 5.41) is 3.47. The van der Waals surface area contributed by atoms with Crippen molar-refractivity contribution in [3.63, 3.8) is 0 Å². The molecular weight excluding hydrogens is 387 g/mol. The van der Waals surface area contributed by atoms with Gasteiger partial charge >= 0.3 is 0 Å². The van der Waals surface area contributed by atoms with Crippen LogP contribution in [0.4, 0.5) is 0 Å². The van der Waals surface area contributed by atoms with E-state index in [2.05, 4.69) is 21.2 Å². The molecule has 0 bridgehead atoms. The average molecular weight is 404 g/mol. The van der Waals surface area contributed by atoms with Gasteiger partial charge in [-0.15, -0.1) is 12.4 Å². The van der Waals surface area contributed by atoms with E-state index >= 15 is 0 Å². The molecule has 1 aromatic carbocycles. The Morgan fingerprint density at radius 3 is 2.50 bits per heavy atom. The number of halogens is 3. The van der Waals surface area contributed by atoms with Gasteiger partial charge < -0.3 is 5.32 Å². The molecule has 114 valence electrons. The number of benzene rings is 1. The standard InChI is InChI=1S/C12H16BrClN2O2S.ClH/c1-16(9-5-7-15-8-6-9)19(17,18)12-10(13)3-2-4-11(12)14;/h2-4,9,15H,5-8H2,1H3;1H. The summed E-state index contributed by atoms with van der Waals surface area (Å²) in [5.41, 5.74) is 0. The third-order valence-electron chi connectivity index (χ3n) is 3.38. The Morgan fingerprint density at radius 2 is 1.95 bits per heavy atom.